The van der Waals surface area contributed by atoms with E-state index in [0.29, 0.717) is 44.5 Å². The van der Waals surface area contributed by atoms with Crippen LogP contribution in [-0.4, -0.2) is 40.7 Å². The Morgan fingerprint density at radius 3 is 2.43 bits per heavy atom. The average Bonchev–Trinajstić information content (AvgIpc) is 2.83. The minimum atomic E-state index is -0.285. The number of amides is 3. The number of oxazole rings is 1. The van der Waals surface area contributed by atoms with Gasteiger partial charge in [0, 0.05) is 25.9 Å². The van der Waals surface area contributed by atoms with Crippen LogP contribution in [0.4, 0.5) is 0 Å². The number of aromatic nitrogens is 1. The lowest BCUT2D eigenvalue weighted by molar-refractivity contribution is -0.139. The molecule has 0 aliphatic carbocycles. The van der Waals surface area contributed by atoms with Crippen LogP contribution in [0.5, 0.6) is 0 Å². The average molecular weight is 291 g/mol. The van der Waals surface area contributed by atoms with E-state index >= 15 is 0 Å². The first-order valence-electron chi connectivity index (χ1n) is 7.01. The normalized spacial score (nSPS) is 21.5. The summed E-state index contributed by atoms with van der Waals surface area (Å²) >= 11 is 0. The highest BCUT2D eigenvalue weighted by molar-refractivity contribution is 5.98. The van der Waals surface area contributed by atoms with Crippen LogP contribution in [0.15, 0.2) is 10.8 Å². The van der Waals surface area contributed by atoms with E-state index < -0.39 is 0 Å². The van der Waals surface area contributed by atoms with Crippen molar-refractivity contribution >= 4 is 17.7 Å². The Hall–Kier alpha value is -2.18. The topological polar surface area (TPSA) is 92.5 Å². The van der Waals surface area contributed by atoms with E-state index in [1.807, 2.05) is 0 Å². The molecule has 2 saturated heterocycles. The van der Waals surface area contributed by atoms with Crippen molar-refractivity contribution in [1.29, 1.82) is 0 Å². The molecule has 3 amide bonds. The second kappa shape index (κ2) is 4.98. The molecule has 7 heteroatoms. The third-order valence-electron chi connectivity index (χ3n) is 4.40. The zero-order valence-corrected chi connectivity index (χ0v) is 11.8. The molecule has 3 rings (SSSR count). The first-order valence-corrected chi connectivity index (χ1v) is 7.01. The van der Waals surface area contributed by atoms with Gasteiger partial charge in [0.05, 0.1) is 5.69 Å². The van der Waals surface area contributed by atoms with Crippen molar-refractivity contribution < 1.29 is 18.8 Å². The quantitative estimate of drug-likeness (QED) is 0.767. The molecule has 21 heavy (non-hydrogen) atoms. The van der Waals surface area contributed by atoms with Gasteiger partial charge in [0.25, 0.3) is 5.91 Å². The minimum absolute atomic E-state index is 0.175. The van der Waals surface area contributed by atoms with E-state index in [2.05, 4.69) is 10.3 Å². The monoisotopic (exact) mass is 291 g/mol. The van der Waals surface area contributed by atoms with Gasteiger partial charge in [-0.25, -0.2) is 4.98 Å². The van der Waals surface area contributed by atoms with Gasteiger partial charge in [0.15, 0.2) is 6.39 Å². The molecule has 1 aromatic heterocycles. The summed E-state index contributed by atoms with van der Waals surface area (Å²) in [5.74, 6) is -0.330. The smallest absolute Gasteiger partial charge is 0.291 e. The van der Waals surface area contributed by atoms with Crippen LogP contribution in [-0.2, 0) is 9.59 Å². The Bertz CT molecular complexity index is 581. The number of imide groups is 1. The molecule has 0 bridgehead atoms. The van der Waals surface area contributed by atoms with E-state index in [1.54, 1.807) is 11.8 Å². The fourth-order valence-corrected chi connectivity index (χ4v) is 3.18. The second-order valence-corrected chi connectivity index (χ2v) is 5.88. The van der Waals surface area contributed by atoms with Crippen molar-refractivity contribution in [2.45, 2.75) is 32.6 Å². The van der Waals surface area contributed by atoms with Crippen molar-refractivity contribution in [2.75, 3.05) is 13.1 Å². The zero-order chi connectivity index (χ0) is 15.0. The second-order valence-electron chi connectivity index (χ2n) is 5.88. The van der Waals surface area contributed by atoms with Gasteiger partial charge in [-0.1, -0.05) is 0 Å². The van der Waals surface area contributed by atoms with E-state index in [4.69, 9.17) is 4.42 Å². The summed E-state index contributed by atoms with van der Waals surface area (Å²) in [6, 6.07) is 0. The summed E-state index contributed by atoms with van der Waals surface area (Å²) in [5, 5.41) is 2.33. The minimum Gasteiger partial charge on any atom is -0.438 e. The highest BCUT2D eigenvalue weighted by atomic mass is 16.3. The summed E-state index contributed by atoms with van der Waals surface area (Å²) in [5.41, 5.74) is 0.291. The lowest BCUT2D eigenvalue weighted by Crippen LogP contribution is -2.50. The van der Waals surface area contributed by atoms with Crippen LogP contribution >= 0.6 is 0 Å². The van der Waals surface area contributed by atoms with E-state index in [1.165, 1.54) is 6.39 Å². The Kier molecular flexibility index (Phi) is 3.27. The lowest BCUT2D eigenvalue weighted by Gasteiger charge is -2.42. The summed E-state index contributed by atoms with van der Waals surface area (Å²) < 4.78 is 5.13. The number of rotatable bonds is 1. The molecule has 3 heterocycles. The first-order chi connectivity index (χ1) is 9.99. The molecule has 1 N–H and O–H groups in total. The van der Waals surface area contributed by atoms with Gasteiger partial charge in [-0.2, -0.15) is 0 Å². The molecule has 1 aromatic rings. The van der Waals surface area contributed by atoms with Crippen LogP contribution in [0, 0.1) is 12.3 Å². The molecule has 1 spiro atoms. The first kappa shape index (κ1) is 13.8. The van der Waals surface area contributed by atoms with Crippen LogP contribution < -0.4 is 5.32 Å². The largest absolute Gasteiger partial charge is 0.438 e. The van der Waals surface area contributed by atoms with Crippen molar-refractivity contribution in [3.05, 3.63) is 17.8 Å². The fourth-order valence-electron chi connectivity index (χ4n) is 3.18. The van der Waals surface area contributed by atoms with Crippen molar-refractivity contribution in [3.63, 3.8) is 0 Å². The van der Waals surface area contributed by atoms with Gasteiger partial charge in [0.1, 0.15) is 0 Å². The number of carbonyl (C=O) groups excluding carboxylic acids is 3. The highest BCUT2D eigenvalue weighted by Crippen LogP contribution is 2.40. The van der Waals surface area contributed by atoms with E-state index in [0.717, 1.165) is 0 Å². The predicted molar refractivity (Wildman–Crippen MR) is 71.2 cm³/mol. The zero-order valence-electron chi connectivity index (χ0n) is 11.8. The standard InChI is InChI=1S/C14H17N3O4/c1-9-12(21-8-15-9)13(20)17-4-2-14(3-5-17)6-10(18)16-11(19)7-14/h8H,2-7H2,1H3,(H,16,18,19). The summed E-state index contributed by atoms with van der Waals surface area (Å²) in [7, 11) is 0. The maximum absolute atomic E-state index is 12.3. The molecule has 0 unspecified atom stereocenters. The highest BCUT2D eigenvalue weighted by Gasteiger charge is 2.43. The third-order valence-corrected chi connectivity index (χ3v) is 4.40. The molecule has 0 atom stereocenters. The molecule has 0 saturated carbocycles. The summed E-state index contributed by atoms with van der Waals surface area (Å²) in [4.78, 5) is 41.1. The van der Waals surface area contributed by atoms with Gasteiger partial charge in [-0.05, 0) is 25.2 Å². The number of nitrogens with zero attached hydrogens (tertiary/aromatic N) is 2. The van der Waals surface area contributed by atoms with Gasteiger partial charge < -0.3 is 9.32 Å². The summed E-state index contributed by atoms with van der Waals surface area (Å²) in [6.07, 6.45) is 3.30. The number of nitrogens with one attached hydrogen (secondary N) is 1. The van der Waals surface area contributed by atoms with E-state index in [-0.39, 0.29) is 28.9 Å². The Morgan fingerprint density at radius 1 is 1.29 bits per heavy atom. The molecular weight excluding hydrogens is 274 g/mol. The van der Waals surface area contributed by atoms with Crippen molar-refractivity contribution in [2.24, 2.45) is 5.41 Å². The van der Waals surface area contributed by atoms with Crippen LogP contribution in [0.25, 0.3) is 0 Å². The van der Waals surface area contributed by atoms with Gasteiger partial charge >= 0.3 is 0 Å². The molecular formula is C14H17N3O4. The Morgan fingerprint density at radius 2 is 1.90 bits per heavy atom. The molecule has 112 valence electrons. The SMILES string of the molecule is Cc1ncoc1C(=O)N1CCC2(CC1)CC(=O)NC(=O)C2. The van der Waals surface area contributed by atoms with Crippen LogP contribution in [0.3, 0.4) is 0 Å². The number of hydrogen-bond donors (Lipinski definition) is 1. The number of hydrogen-bond acceptors (Lipinski definition) is 5. The van der Waals surface area contributed by atoms with Crippen molar-refractivity contribution in [1.82, 2.24) is 15.2 Å². The molecule has 2 aliphatic rings. The van der Waals surface area contributed by atoms with Crippen LogP contribution in [0.2, 0.25) is 0 Å². The van der Waals surface area contributed by atoms with Gasteiger partial charge in [-0.15, -0.1) is 0 Å². The number of carbonyl (C=O) groups is 3. The Labute approximate surface area is 121 Å². The molecule has 2 aliphatic heterocycles. The molecule has 2 fully saturated rings. The van der Waals surface area contributed by atoms with Crippen molar-refractivity contribution in [3.8, 4) is 0 Å². The predicted octanol–water partition coefficient (Wildman–Crippen LogP) is 0.642. The third kappa shape index (κ3) is 2.55. The number of piperidine rings is 2. The fraction of sp³-hybridized carbons (Fsp3) is 0.571. The van der Waals surface area contributed by atoms with Crippen LogP contribution in [0.1, 0.15) is 41.9 Å². The maximum atomic E-state index is 12.3. The van der Waals surface area contributed by atoms with Gasteiger partial charge in [-0.3, -0.25) is 19.7 Å². The van der Waals surface area contributed by atoms with Gasteiger partial charge in [0.2, 0.25) is 17.6 Å². The molecule has 0 aromatic carbocycles. The number of aryl methyl sites for hydroxylation is 1. The summed E-state index contributed by atoms with van der Waals surface area (Å²) in [6.45, 7) is 2.78. The number of likely N-dealkylation sites (tertiary alicyclic amines) is 1. The molecule has 0 radical (unpaired) electrons. The van der Waals surface area contributed by atoms with E-state index in [9.17, 15) is 14.4 Å². The lowest BCUT2D eigenvalue weighted by atomic mass is 9.71. The maximum Gasteiger partial charge on any atom is 0.291 e. The Balaban J connectivity index is 1.68. The molecule has 7 nitrogen and oxygen atoms in total.